The van der Waals surface area contributed by atoms with Crippen LogP contribution in [0.25, 0.3) is 11.1 Å². The molecule has 2 aromatic rings. The molecule has 2 aromatic carbocycles. The second-order valence-electron chi connectivity index (χ2n) is 4.23. The average Bonchev–Trinajstić information content (AvgIpc) is 2.44. The van der Waals surface area contributed by atoms with Crippen molar-refractivity contribution in [1.29, 1.82) is 0 Å². The molecule has 0 aromatic heterocycles. The van der Waals surface area contributed by atoms with Gasteiger partial charge in [0.2, 0.25) is 0 Å². The summed E-state index contributed by atoms with van der Waals surface area (Å²) in [4.78, 5) is 0. The second-order valence-corrected chi connectivity index (χ2v) is 5.09. The number of nitrogens with zero attached hydrogens (tertiary/aromatic N) is 1. The Balaban J connectivity index is 2.65. The van der Waals surface area contributed by atoms with Gasteiger partial charge in [-0.15, -0.1) is 0 Å². The summed E-state index contributed by atoms with van der Waals surface area (Å²) in [5, 5.41) is 11.4. The van der Waals surface area contributed by atoms with Crippen molar-refractivity contribution in [2.24, 2.45) is 5.16 Å². The summed E-state index contributed by atoms with van der Waals surface area (Å²) in [5.41, 5.74) is 2.74. The van der Waals surface area contributed by atoms with Gasteiger partial charge in [-0.25, -0.2) is 4.39 Å². The van der Waals surface area contributed by atoms with Gasteiger partial charge in [-0.05, 0) is 41.8 Å². The molecular formula is C15H13BrFNO2. The van der Waals surface area contributed by atoms with Crippen molar-refractivity contribution in [3.63, 3.8) is 0 Å². The molecule has 0 heterocycles. The molecule has 0 aliphatic rings. The zero-order chi connectivity index (χ0) is 14.7. The van der Waals surface area contributed by atoms with E-state index in [1.807, 2.05) is 25.1 Å². The molecule has 0 spiro atoms. The van der Waals surface area contributed by atoms with E-state index in [1.165, 1.54) is 13.2 Å². The highest BCUT2D eigenvalue weighted by Gasteiger charge is 2.13. The van der Waals surface area contributed by atoms with Gasteiger partial charge in [-0.2, -0.15) is 0 Å². The number of rotatable bonds is 3. The molecule has 0 unspecified atom stereocenters. The Bertz CT molecular complexity index is 671. The van der Waals surface area contributed by atoms with E-state index in [9.17, 15) is 4.39 Å². The van der Waals surface area contributed by atoms with Crippen molar-refractivity contribution in [3.8, 4) is 16.9 Å². The van der Waals surface area contributed by atoms with E-state index in [1.54, 1.807) is 6.07 Å². The van der Waals surface area contributed by atoms with E-state index in [-0.39, 0.29) is 5.56 Å². The van der Waals surface area contributed by atoms with Crippen molar-refractivity contribution in [3.05, 3.63) is 51.7 Å². The van der Waals surface area contributed by atoms with Crippen molar-refractivity contribution in [1.82, 2.24) is 0 Å². The molecule has 0 aliphatic heterocycles. The Morgan fingerprint density at radius 3 is 2.75 bits per heavy atom. The van der Waals surface area contributed by atoms with Crippen LogP contribution in [0.3, 0.4) is 0 Å². The van der Waals surface area contributed by atoms with Crippen molar-refractivity contribution >= 4 is 22.1 Å². The van der Waals surface area contributed by atoms with Crippen LogP contribution in [-0.2, 0) is 0 Å². The number of ether oxygens (including phenoxy) is 1. The molecular weight excluding hydrogens is 325 g/mol. The summed E-state index contributed by atoms with van der Waals surface area (Å²) < 4.78 is 20.2. The molecule has 0 saturated heterocycles. The predicted molar refractivity (Wildman–Crippen MR) is 80.2 cm³/mol. The van der Waals surface area contributed by atoms with Crippen LogP contribution in [0.4, 0.5) is 4.39 Å². The standard InChI is InChI=1S/C15H13BrFNO2/c1-9-11(4-3-5-13(9)16)10-6-14(17)12(8-18-19)15(7-10)20-2/h3-8,19H,1-2H3/b18-8+. The van der Waals surface area contributed by atoms with Crippen molar-refractivity contribution < 1.29 is 14.3 Å². The summed E-state index contributed by atoms with van der Waals surface area (Å²) in [5.74, 6) is -0.186. The highest BCUT2D eigenvalue weighted by molar-refractivity contribution is 9.10. The average molecular weight is 338 g/mol. The summed E-state index contributed by atoms with van der Waals surface area (Å²) in [6.45, 7) is 1.95. The molecule has 0 aliphatic carbocycles. The fraction of sp³-hybridized carbons (Fsp3) is 0.133. The Morgan fingerprint density at radius 2 is 2.10 bits per heavy atom. The molecule has 1 N–H and O–H groups in total. The number of hydrogen-bond donors (Lipinski definition) is 1. The first-order valence-corrected chi connectivity index (χ1v) is 6.68. The van der Waals surface area contributed by atoms with Gasteiger partial charge >= 0.3 is 0 Å². The summed E-state index contributed by atoms with van der Waals surface area (Å²) >= 11 is 3.46. The number of oxime groups is 1. The highest BCUT2D eigenvalue weighted by Crippen LogP contribution is 2.33. The maximum atomic E-state index is 14.1. The first-order chi connectivity index (χ1) is 9.58. The summed E-state index contributed by atoms with van der Waals surface area (Å²) in [6.07, 6.45) is 1.02. The minimum Gasteiger partial charge on any atom is -0.496 e. The minimum absolute atomic E-state index is 0.117. The van der Waals surface area contributed by atoms with E-state index in [0.717, 1.165) is 21.8 Å². The van der Waals surface area contributed by atoms with Crippen LogP contribution < -0.4 is 4.74 Å². The lowest BCUT2D eigenvalue weighted by molar-refractivity contribution is 0.321. The maximum Gasteiger partial charge on any atom is 0.136 e. The molecule has 0 radical (unpaired) electrons. The molecule has 104 valence electrons. The lowest BCUT2D eigenvalue weighted by Gasteiger charge is -2.12. The molecule has 20 heavy (non-hydrogen) atoms. The lowest BCUT2D eigenvalue weighted by Crippen LogP contribution is -1.97. The molecule has 0 atom stereocenters. The van der Waals surface area contributed by atoms with Gasteiger partial charge in [0.25, 0.3) is 0 Å². The lowest BCUT2D eigenvalue weighted by atomic mass is 9.99. The molecule has 0 saturated carbocycles. The zero-order valence-electron chi connectivity index (χ0n) is 11.0. The number of hydrogen-bond acceptors (Lipinski definition) is 3. The largest absolute Gasteiger partial charge is 0.496 e. The van der Waals surface area contributed by atoms with Gasteiger partial charge < -0.3 is 9.94 Å². The molecule has 0 fully saturated rings. The smallest absolute Gasteiger partial charge is 0.136 e. The van der Waals surface area contributed by atoms with Gasteiger partial charge in [0.1, 0.15) is 11.6 Å². The monoisotopic (exact) mass is 337 g/mol. The number of methoxy groups -OCH3 is 1. The third-order valence-electron chi connectivity index (χ3n) is 3.08. The summed E-state index contributed by atoms with van der Waals surface area (Å²) in [7, 11) is 1.45. The van der Waals surface area contributed by atoms with Crippen LogP contribution in [0.15, 0.2) is 40.0 Å². The topological polar surface area (TPSA) is 41.8 Å². The molecule has 3 nitrogen and oxygen atoms in total. The quantitative estimate of drug-likeness (QED) is 0.513. The highest BCUT2D eigenvalue weighted by atomic mass is 79.9. The van der Waals surface area contributed by atoms with E-state index in [2.05, 4.69) is 21.1 Å². The van der Waals surface area contributed by atoms with Crippen molar-refractivity contribution in [2.45, 2.75) is 6.92 Å². The minimum atomic E-state index is -0.503. The van der Waals surface area contributed by atoms with Crippen LogP contribution >= 0.6 is 15.9 Å². The van der Waals surface area contributed by atoms with Gasteiger partial charge in [-0.3, -0.25) is 0 Å². The van der Waals surface area contributed by atoms with Gasteiger partial charge in [0, 0.05) is 4.47 Å². The van der Waals surface area contributed by atoms with Crippen LogP contribution in [0, 0.1) is 12.7 Å². The maximum absolute atomic E-state index is 14.1. The number of benzene rings is 2. The zero-order valence-corrected chi connectivity index (χ0v) is 12.6. The molecule has 2 rings (SSSR count). The van der Waals surface area contributed by atoms with Crippen LogP contribution in [0.1, 0.15) is 11.1 Å². The van der Waals surface area contributed by atoms with E-state index >= 15 is 0 Å². The Labute approximate surface area is 124 Å². The molecule has 5 heteroatoms. The van der Waals surface area contributed by atoms with Gasteiger partial charge in [0.15, 0.2) is 0 Å². The van der Waals surface area contributed by atoms with E-state index < -0.39 is 5.82 Å². The predicted octanol–water partition coefficient (Wildman–Crippen LogP) is 4.38. The fourth-order valence-electron chi connectivity index (χ4n) is 2.02. The third-order valence-corrected chi connectivity index (χ3v) is 3.94. The van der Waals surface area contributed by atoms with Crippen LogP contribution in [0.2, 0.25) is 0 Å². The van der Waals surface area contributed by atoms with Gasteiger partial charge in [0.05, 0.1) is 18.9 Å². The normalized spacial score (nSPS) is 11.0. The number of halogens is 2. The first-order valence-electron chi connectivity index (χ1n) is 5.89. The van der Waals surface area contributed by atoms with Gasteiger partial charge in [-0.1, -0.05) is 33.2 Å². The van der Waals surface area contributed by atoms with Crippen LogP contribution in [-0.4, -0.2) is 18.5 Å². The van der Waals surface area contributed by atoms with Crippen LogP contribution in [0.5, 0.6) is 5.75 Å². The molecule has 0 bridgehead atoms. The second kappa shape index (κ2) is 6.05. The fourth-order valence-corrected chi connectivity index (χ4v) is 2.39. The van der Waals surface area contributed by atoms with E-state index in [0.29, 0.717) is 11.3 Å². The molecule has 0 amide bonds. The van der Waals surface area contributed by atoms with Crippen molar-refractivity contribution in [2.75, 3.05) is 7.11 Å². The Kier molecular flexibility index (Phi) is 4.39. The summed E-state index contributed by atoms with van der Waals surface area (Å²) in [6, 6.07) is 8.84. The van der Waals surface area contributed by atoms with E-state index in [4.69, 9.17) is 9.94 Å². The third kappa shape index (κ3) is 2.67. The first kappa shape index (κ1) is 14.5. The SMILES string of the molecule is COc1cc(-c2cccc(Br)c2C)cc(F)c1/C=N/O. The Hall–Kier alpha value is -1.88. The Morgan fingerprint density at radius 1 is 1.35 bits per heavy atom.